The first-order chi connectivity index (χ1) is 8.19. The number of hydrogen-bond acceptors (Lipinski definition) is 3. The predicted octanol–water partition coefficient (Wildman–Crippen LogP) is 1.82. The largest absolute Gasteiger partial charge is 0.495 e. The lowest BCUT2D eigenvalue weighted by Crippen LogP contribution is -2.14. The van der Waals surface area contributed by atoms with Gasteiger partial charge in [0.05, 0.1) is 18.2 Å². The van der Waals surface area contributed by atoms with Gasteiger partial charge in [-0.1, -0.05) is 24.3 Å². The van der Waals surface area contributed by atoms with Crippen LogP contribution in [0, 0.1) is 11.3 Å². The Morgan fingerprint density at radius 2 is 2.12 bits per heavy atom. The van der Waals surface area contributed by atoms with Gasteiger partial charge in [-0.2, -0.15) is 5.26 Å². The molecule has 0 unspecified atom stereocenters. The number of methoxy groups -OCH3 is 1. The summed E-state index contributed by atoms with van der Waals surface area (Å²) < 4.78 is 5.11. The average molecular weight is 226 g/mol. The van der Waals surface area contributed by atoms with Crippen LogP contribution in [0.5, 0.6) is 5.75 Å². The minimum atomic E-state index is -0.602. The number of amides is 1. The molecule has 0 aliphatic heterocycles. The molecular weight excluding hydrogens is 216 g/mol. The van der Waals surface area contributed by atoms with E-state index in [-0.39, 0.29) is 11.3 Å². The number of benzene rings is 2. The quantitative estimate of drug-likeness (QED) is 0.848. The topological polar surface area (TPSA) is 76.1 Å². The first-order valence-electron chi connectivity index (χ1n) is 4.98. The van der Waals surface area contributed by atoms with Crippen LogP contribution in [0.4, 0.5) is 0 Å². The van der Waals surface area contributed by atoms with Crippen molar-refractivity contribution in [3.8, 4) is 11.8 Å². The number of nitriles is 1. The lowest BCUT2D eigenvalue weighted by molar-refractivity contribution is 0.0999. The zero-order chi connectivity index (χ0) is 12.4. The molecule has 2 aromatic carbocycles. The van der Waals surface area contributed by atoms with Crippen molar-refractivity contribution < 1.29 is 9.53 Å². The number of carbonyl (C=O) groups excluding carboxylic acids is 1. The molecule has 2 rings (SSSR count). The molecular formula is C13H10N2O2. The fraction of sp³-hybridized carbons (Fsp3) is 0.0769. The molecule has 0 fully saturated rings. The van der Waals surface area contributed by atoms with Gasteiger partial charge in [0, 0.05) is 0 Å². The van der Waals surface area contributed by atoms with E-state index >= 15 is 0 Å². The minimum Gasteiger partial charge on any atom is -0.495 e. The Bertz CT molecular complexity index is 642. The molecule has 0 aliphatic carbocycles. The van der Waals surface area contributed by atoms with Crippen LogP contribution in [0.3, 0.4) is 0 Å². The molecule has 1 amide bonds. The number of primary amides is 1. The summed E-state index contributed by atoms with van der Waals surface area (Å²) in [4.78, 5) is 11.5. The summed E-state index contributed by atoms with van der Waals surface area (Å²) >= 11 is 0. The van der Waals surface area contributed by atoms with E-state index in [2.05, 4.69) is 0 Å². The number of fused-ring (bicyclic) bond motifs is 1. The molecule has 4 nitrogen and oxygen atoms in total. The number of hydrogen-bond donors (Lipinski definition) is 1. The summed E-state index contributed by atoms with van der Waals surface area (Å²) in [5.74, 6) is -0.367. The smallest absolute Gasteiger partial charge is 0.253 e. The molecule has 17 heavy (non-hydrogen) atoms. The highest BCUT2D eigenvalue weighted by molar-refractivity contribution is 6.09. The zero-order valence-corrected chi connectivity index (χ0v) is 9.23. The van der Waals surface area contributed by atoms with Gasteiger partial charge in [0.15, 0.2) is 0 Å². The average Bonchev–Trinajstić information content (AvgIpc) is 2.35. The van der Waals surface area contributed by atoms with Gasteiger partial charge in [-0.3, -0.25) is 4.79 Å². The predicted molar refractivity (Wildman–Crippen MR) is 63.7 cm³/mol. The molecule has 0 aromatic heterocycles. The Morgan fingerprint density at radius 3 is 2.71 bits per heavy atom. The molecule has 0 atom stereocenters. The number of nitrogens with two attached hydrogens (primary N) is 1. The van der Waals surface area contributed by atoms with E-state index in [1.54, 1.807) is 18.2 Å². The Hall–Kier alpha value is -2.54. The number of carbonyl (C=O) groups is 1. The number of nitrogens with zero attached hydrogens (tertiary/aromatic N) is 1. The van der Waals surface area contributed by atoms with Crippen molar-refractivity contribution in [2.24, 2.45) is 5.73 Å². The van der Waals surface area contributed by atoms with Gasteiger partial charge in [-0.25, -0.2) is 0 Å². The Labute approximate surface area is 98.2 Å². The molecule has 0 aliphatic rings. The summed E-state index contributed by atoms with van der Waals surface area (Å²) in [6, 6.07) is 10.9. The van der Waals surface area contributed by atoms with Crippen LogP contribution in [-0.2, 0) is 0 Å². The first-order valence-corrected chi connectivity index (χ1v) is 4.98. The van der Waals surface area contributed by atoms with Crippen molar-refractivity contribution in [3.05, 3.63) is 41.5 Å². The van der Waals surface area contributed by atoms with E-state index in [4.69, 9.17) is 15.7 Å². The fourth-order valence-corrected chi connectivity index (χ4v) is 1.87. The Kier molecular flexibility index (Phi) is 2.67. The van der Waals surface area contributed by atoms with Crippen molar-refractivity contribution in [1.82, 2.24) is 0 Å². The van der Waals surface area contributed by atoms with Crippen LogP contribution < -0.4 is 10.5 Å². The summed E-state index contributed by atoms with van der Waals surface area (Å²) in [6.45, 7) is 0. The van der Waals surface area contributed by atoms with Crippen molar-refractivity contribution >= 4 is 16.7 Å². The normalized spacial score (nSPS) is 9.88. The van der Waals surface area contributed by atoms with Crippen molar-refractivity contribution in [2.45, 2.75) is 0 Å². The monoisotopic (exact) mass is 226 g/mol. The molecule has 0 heterocycles. The molecule has 84 valence electrons. The highest BCUT2D eigenvalue weighted by Gasteiger charge is 2.17. The third-order valence-electron chi connectivity index (χ3n) is 2.57. The first kappa shape index (κ1) is 11.0. The highest BCUT2D eigenvalue weighted by Crippen LogP contribution is 2.31. The van der Waals surface area contributed by atoms with Gasteiger partial charge in [0.1, 0.15) is 11.8 Å². The van der Waals surface area contributed by atoms with E-state index < -0.39 is 5.91 Å². The van der Waals surface area contributed by atoms with Crippen LogP contribution in [0.1, 0.15) is 15.9 Å². The van der Waals surface area contributed by atoms with Gasteiger partial charge >= 0.3 is 0 Å². The molecule has 4 heteroatoms. The van der Waals surface area contributed by atoms with Crippen molar-refractivity contribution in [3.63, 3.8) is 0 Å². The molecule has 0 saturated heterocycles. The second-order valence-corrected chi connectivity index (χ2v) is 3.53. The lowest BCUT2D eigenvalue weighted by atomic mass is 9.99. The summed E-state index contributed by atoms with van der Waals surface area (Å²) in [6.07, 6.45) is 0. The Balaban J connectivity index is 2.97. The second kappa shape index (κ2) is 4.14. The van der Waals surface area contributed by atoms with Crippen molar-refractivity contribution in [2.75, 3.05) is 7.11 Å². The highest BCUT2D eigenvalue weighted by atomic mass is 16.5. The SMILES string of the molecule is COc1c(C#N)cc2ccccc2c1C(N)=O. The second-order valence-electron chi connectivity index (χ2n) is 3.53. The van der Waals surface area contributed by atoms with E-state index in [9.17, 15) is 4.79 Å². The third kappa shape index (κ3) is 1.68. The van der Waals surface area contributed by atoms with Gasteiger partial charge < -0.3 is 10.5 Å². The van der Waals surface area contributed by atoms with E-state index in [0.717, 1.165) is 5.39 Å². The van der Waals surface area contributed by atoms with Crippen molar-refractivity contribution in [1.29, 1.82) is 5.26 Å². The van der Waals surface area contributed by atoms with Gasteiger partial charge in [0.2, 0.25) is 0 Å². The molecule has 0 spiro atoms. The summed E-state index contributed by atoms with van der Waals surface area (Å²) in [5.41, 5.74) is 5.91. The molecule has 0 saturated carbocycles. The number of rotatable bonds is 2. The van der Waals surface area contributed by atoms with Crippen LogP contribution in [0.15, 0.2) is 30.3 Å². The maximum atomic E-state index is 11.5. The molecule has 2 aromatic rings. The van der Waals surface area contributed by atoms with Gasteiger partial charge in [0.25, 0.3) is 5.91 Å². The Morgan fingerprint density at radius 1 is 1.41 bits per heavy atom. The molecule has 0 radical (unpaired) electrons. The van der Waals surface area contributed by atoms with Crippen LogP contribution in [-0.4, -0.2) is 13.0 Å². The zero-order valence-electron chi connectivity index (χ0n) is 9.23. The van der Waals surface area contributed by atoms with Crippen LogP contribution in [0.25, 0.3) is 10.8 Å². The summed E-state index contributed by atoms with van der Waals surface area (Å²) in [5, 5.41) is 10.5. The molecule has 2 N–H and O–H groups in total. The minimum absolute atomic E-state index is 0.235. The van der Waals surface area contributed by atoms with Gasteiger partial charge in [-0.05, 0) is 16.8 Å². The fourth-order valence-electron chi connectivity index (χ4n) is 1.87. The van der Waals surface area contributed by atoms with Gasteiger partial charge in [-0.15, -0.1) is 0 Å². The van der Waals surface area contributed by atoms with Crippen LogP contribution in [0.2, 0.25) is 0 Å². The van der Waals surface area contributed by atoms with Crippen LogP contribution >= 0.6 is 0 Å². The van der Waals surface area contributed by atoms with E-state index in [0.29, 0.717) is 10.9 Å². The maximum Gasteiger partial charge on any atom is 0.253 e. The lowest BCUT2D eigenvalue weighted by Gasteiger charge is -2.10. The van der Waals surface area contributed by atoms with E-state index in [1.165, 1.54) is 7.11 Å². The van der Waals surface area contributed by atoms with E-state index in [1.807, 2.05) is 18.2 Å². The standard InChI is InChI=1S/C13H10N2O2/c1-17-12-9(7-14)6-8-4-2-3-5-10(8)11(12)13(15)16/h2-6H,1H3,(H2,15,16). The molecule has 0 bridgehead atoms. The number of ether oxygens (including phenoxy) is 1. The third-order valence-corrected chi connectivity index (χ3v) is 2.57. The summed E-state index contributed by atoms with van der Waals surface area (Å²) in [7, 11) is 1.41. The maximum absolute atomic E-state index is 11.5.